The number of benzene rings is 1. The number of anilines is 2. The lowest BCUT2D eigenvalue weighted by Crippen LogP contribution is -2.81. The van der Waals surface area contributed by atoms with Crippen LogP contribution in [0.2, 0.25) is 10.0 Å². The van der Waals surface area contributed by atoms with Gasteiger partial charge >= 0.3 is 0 Å². The molecule has 0 N–H and O–H groups in total. The highest BCUT2D eigenvalue weighted by Crippen LogP contribution is 2.39. The first-order valence-corrected chi connectivity index (χ1v) is 11.4. The third-order valence-electron chi connectivity index (χ3n) is 6.22. The number of halogens is 3. The number of hydrogen-bond donors (Lipinski definition) is 0. The molecule has 2 aliphatic rings. The molecular formula is C24H20Cl2FN5O2. The number of hydrogen-bond acceptors (Lipinski definition) is 5. The molecule has 174 valence electrons. The van der Waals surface area contributed by atoms with Crippen molar-refractivity contribution < 1.29 is 14.0 Å². The van der Waals surface area contributed by atoms with E-state index in [0.717, 1.165) is 11.8 Å². The summed E-state index contributed by atoms with van der Waals surface area (Å²) in [5, 5.41) is 1.04. The van der Waals surface area contributed by atoms with Crippen molar-refractivity contribution in [2.45, 2.75) is 19.0 Å². The fourth-order valence-corrected chi connectivity index (χ4v) is 4.84. The highest BCUT2D eigenvalue weighted by atomic mass is 35.5. The Hall–Kier alpha value is -3.23. The number of amides is 2. The Labute approximate surface area is 205 Å². The maximum Gasteiger partial charge on any atom is 0.258 e. The van der Waals surface area contributed by atoms with Crippen LogP contribution in [0.4, 0.5) is 16.0 Å². The third kappa shape index (κ3) is 3.86. The van der Waals surface area contributed by atoms with Crippen LogP contribution in [-0.2, 0) is 16.1 Å². The summed E-state index contributed by atoms with van der Waals surface area (Å²) < 4.78 is 13.4. The molecule has 2 amide bonds. The van der Waals surface area contributed by atoms with E-state index >= 15 is 0 Å². The van der Waals surface area contributed by atoms with Gasteiger partial charge in [0.2, 0.25) is 5.91 Å². The van der Waals surface area contributed by atoms with Crippen LogP contribution in [0.25, 0.3) is 0 Å². The fraction of sp³-hybridized carbons (Fsp3) is 0.250. The molecule has 4 heterocycles. The fourth-order valence-electron chi connectivity index (χ4n) is 4.50. The SMILES string of the molecule is Cc1cc(Cl)cnc1N1CC(=O)N(Cc2ccc(Cl)cc2)C2(CN(c3ccc(F)cn3)C2)C1=O. The Kier molecular flexibility index (Phi) is 5.65. The molecule has 1 spiro atoms. The molecule has 2 saturated heterocycles. The van der Waals surface area contributed by atoms with Gasteiger partial charge in [0.15, 0.2) is 5.54 Å². The van der Waals surface area contributed by atoms with Gasteiger partial charge in [-0.15, -0.1) is 0 Å². The lowest BCUT2D eigenvalue weighted by Gasteiger charge is -2.58. The molecule has 3 aromatic rings. The van der Waals surface area contributed by atoms with Gasteiger partial charge in [0.25, 0.3) is 5.91 Å². The summed E-state index contributed by atoms with van der Waals surface area (Å²) in [6.07, 6.45) is 2.59. The van der Waals surface area contributed by atoms with Crippen molar-refractivity contribution >= 4 is 46.7 Å². The standard InChI is InChI=1S/C24H20Cl2FN5O2/c1-15-8-18(26)9-29-22(15)31-12-21(33)32(11-16-2-4-17(25)5-3-16)24(23(31)34)13-30(14-24)20-7-6-19(27)10-28-20/h2-10H,11-14H2,1H3. The van der Waals surface area contributed by atoms with E-state index in [-0.39, 0.29) is 38.0 Å². The minimum absolute atomic E-state index is 0.127. The monoisotopic (exact) mass is 499 g/mol. The molecule has 0 radical (unpaired) electrons. The Bertz CT molecular complexity index is 1260. The molecule has 7 nitrogen and oxygen atoms in total. The summed E-state index contributed by atoms with van der Waals surface area (Å²) >= 11 is 12.1. The highest BCUT2D eigenvalue weighted by Gasteiger charge is 2.60. The second kappa shape index (κ2) is 8.52. The van der Waals surface area contributed by atoms with Gasteiger partial charge in [-0.3, -0.25) is 14.5 Å². The highest BCUT2D eigenvalue weighted by molar-refractivity contribution is 6.30. The number of aromatic nitrogens is 2. The Morgan fingerprint density at radius 2 is 1.74 bits per heavy atom. The normalized spacial score (nSPS) is 17.4. The van der Waals surface area contributed by atoms with Gasteiger partial charge in [0, 0.05) is 17.8 Å². The molecule has 5 rings (SSSR count). The number of nitrogens with zero attached hydrogens (tertiary/aromatic N) is 5. The molecular weight excluding hydrogens is 480 g/mol. The smallest absolute Gasteiger partial charge is 0.258 e. The number of rotatable bonds is 4. The molecule has 0 atom stereocenters. The summed E-state index contributed by atoms with van der Waals surface area (Å²) in [4.78, 5) is 40.7. The second-order valence-electron chi connectivity index (χ2n) is 8.51. The Morgan fingerprint density at radius 1 is 1.00 bits per heavy atom. The van der Waals surface area contributed by atoms with Crippen molar-refractivity contribution in [1.29, 1.82) is 0 Å². The maximum atomic E-state index is 13.9. The van der Waals surface area contributed by atoms with Crippen molar-refractivity contribution in [2.24, 2.45) is 0 Å². The third-order valence-corrected chi connectivity index (χ3v) is 6.68. The molecule has 1 aromatic carbocycles. The summed E-state index contributed by atoms with van der Waals surface area (Å²) in [6.45, 7) is 2.39. The molecule has 0 saturated carbocycles. The molecule has 2 aliphatic heterocycles. The van der Waals surface area contributed by atoms with Gasteiger partial charge in [-0.2, -0.15) is 0 Å². The van der Waals surface area contributed by atoms with Crippen LogP contribution in [0, 0.1) is 12.7 Å². The van der Waals surface area contributed by atoms with Gasteiger partial charge in [0.05, 0.1) is 24.3 Å². The Balaban J connectivity index is 1.50. The lowest BCUT2D eigenvalue weighted by atomic mass is 9.83. The zero-order valence-electron chi connectivity index (χ0n) is 18.2. The molecule has 0 unspecified atom stereocenters. The van der Waals surface area contributed by atoms with Gasteiger partial charge in [-0.25, -0.2) is 14.4 Å². The molecule has 2 fully saturated rings. The average molecular weight is 500 g/mol. The zero-order valence-corrected chi connectivity index (χ0v) is 19.7. The van der Waals surface area contributed by atoms with Crippen molar-refractivity contribution in [2.75, 3.05) is 29.4 Å². The second-order valence-corrected chi connectivity index (χ2v) is 9.39. The van der Waals surface area contributed by atoms with Crippen molar-refractivity contribution in [3.63, 3.8) is 0 Å². The topological polar surface area (TPSA) is 69.6 Å². The first-order valence-electron chi connectivity index (χ1n) is 10.6. The summed E-state index contributed by atoms with van der Waals surface area (Å²) in [5.41, 5.74) is 0.447. The van der Waals surface area contributed by atoms with Crippen LogP contribution < -0.4 is 9.80 Å². The summed E-state index contributed by atoms with van der Waals surface area (Å²) in [7, 11) is 0. The predicted octanol–water partition coefficient (Wildman–Crippen LogP) is 3.87. The van der Waals surface area contributed by atoms with Crippen molar-refractivity contribution in [3.05, 3.63) is 81.8 Å². The van der Waals surface area contributed by atoms with Crippen LogP contribution in [0.5, 0.6) is 0 Å². The van der Waals surface area contributed by atoms with E-state index < -0.39 is 11.4 Å². The van der Waals surface area contributed by atoms with Crippen LogP contribution >= 0.6 is 23.2 Å². The van der Waals surface area contributed by atoms with Gasteiger partial charge in [-0.1, -0.05) is 35.3 Å². The number of aryl methyl sites for hydroxylation is 1. The van der Waals surface area contributed by atoms with E-state index in [9.17, 15) is 14.0 Å². The number of piperazine rings is 1. The minimum atomic E-state index is -1.11. The van der Waals surface area contributed by atoms with Gasteiger partial charge in [0.1, 0.15) is 24.0 Å². The minimum Gasteiger partial charge on any atom is -0.351 e. The lowest BCUT2D eigenvalue weighted by molar-refractivity contribution is -0.153. The first kappa shape index (κ1) is 22.6. The molecule has 0 aliphatic carbocycles. The van der Waals surface area contributed by atoms with E-state index in [1.807, 2.05) is 17.0 Å². The number of carbonyl (C=O) groups is 2. The number of pyridine rings is 2. The van der Waals surface area contributed by atoms with Gasteiger partial charge < -0.3 is 9.80 Å². The Morgan fingerprint density at radius 3 is 2.38 bits per heavy atom. The first-order chi connectivity index (χ1) is 16.3. The molecule has 34 heavy (non-hydrogen) atoms. The van der Waals surface area contributed by atoms with E-state index in [1.54, 1.807) is 36.1 Å². The summed E-state index contributed by atoms with van der Waals surface area (Å²) in [5.74, 6) is 0.0840. The maximum absolute atomic E-state index is 13.9. The van der Waals surface area contributed by atoms with Crippen molar-refractivity contribution in [3.8, 4) is 0 Å². The van der Waals surface area contributed by atoms with Gasteiger partial charge in [-0.05, 0) is 48.4 Å². The predicted molar refractivity (Wildman–Crippen MR) is 127 cm³/mol. The van der Waals surface area contributed by atoms with E-state index in [4.69, 9.17) is 23.2 Å². The van der Waals surface area contributed by atoms with Crippen LogP contribution in [0.15, 0.2) is 54.9 Å². The molecule has 2 aromatic heterocycles. The summed E-state index contributed by atoms with van der Waals surface area (Å²) in [6, 6.07) is 11.8. The molecule has 10 heteroatoms. The molecule has 0 bridgehead atoms. The van der Waals surface area contributed by atoms with E-state index in [2.05, 4.69) is 9.97 Å². The van der Waals surface area contributed by atoms with E-state index in [1.165, 1.54) is 17.2 Å². The quantitative estimate of drug-likeness (QED) is 0.544. The van der Waals surface area contributed by atoms with Crippen LogP contribution in [0.3, 0.4) is 0 Å². The average Bonchev–Trinajstić information content (AvgIpc) is 2.78. The van der Waals surface area contributed by atoms with E-state index in [0.29, 0.717) is 27.2 Å². The largest absolute Gasteiger partial charge is 0.351 e. The van der Waals surface area contributed by atoms with Crippen LogP contribution in [0.1, 0.15) is 11.1 Å². The van der Waals surface area contributed by atoms with Crippen molar-refractivity contribution in [1.82, 2.24) is 14.9 Å². The number of carbonyl (C=O) groups excluding carboxylic acids is 2. The zero-order chi connectivity index (χ0) is 24.0. The van der Waals surface area contributed by atoms with Crippen LogP contribution in [-0.4, -0.2) is 51.9 Å².